The van der Waals surface area contributed by atoms with Gasteiger partial charge >= 0.3 is 0 Å². The molecule has 0 atom stereocenters. The molecule has 0 saturated heterocycles. The lowest BCUT2D eigenvalue weighted by Gasteiger charge is -2.15. The molecule has 2 amide bonds. The van der Waals surface area contributed by atoms with Gasteiger partial charge in [0.1, 0.15) is 11.7 Å². The number of hydrogen-bond donors (Lipinski definition) is 2. The summed E-state index contributed by atoms with van der Waals surface area (Å²) < 4.78 is 0. The van der Waals surface area contributed by atoms with Gasteiger partial charge in [-0.1, -0.05) is 17.6 Å². The number of carbonyl (C=O) groups excluding carboxylic acids is 2. The largest absolute Gasteiger partial charge is 0.383 e. The quantitative estimate of drug-likeness (QED) is 0.710. The monoisotopic (exact) mass is 328 g/mol. The molecule has 0 aromatic rings. The van der Waals surface area contributed by atoms with Gasteiger partial charge in [-0.15, -0.1) is 0 Å². The first-order valence-corrected chi connectivity index (χ1v) is 8.71. The van der Waals surface area contributed by atoms with Gasteiger partial charge < -0.3 is 11.5 Å². The Balaban J connectivity index is 0.000000143. The van der Waals surface area contributed by atoms with E-state index in [-0.39, 0.29) is 11.8 Å². The minimum Gasteiger partial charge on any atom is -0.383 e. The number of dihydropyridines is 2. The average molecular weight is 328 g/mol. The summed E-state index contributed by atoms with van der Waals surface area (Å²) in [5.41, 5.74) is 16.1. The average Bonchev–Trinajstić information content (AvgIpc) is 2.85. The maximum Gasteiger partial charge on any atom is 0.251 e. The SMILES string of the molecule is NC1=NC(=O)CC2=C1CCC2.NC1=NC(=O)CC2=C1CCCCC2. The van der Waals surface area contributed by atoms with Crippen molar-refractivity contribution in [2.24, 2.45) is 21.5 Å². The van der Waals surface area contributed by atoms with E-state index in [0.29, 0.717) is 24.5 Å². The van der Waals surface area contributed by atoms with Crippen LogP contribution in [-0.4, -0.2) is 23.5 Å². The number of carbonyl (C=O) groups is 2. The van der Waals surface area contributed by atoms with E-state index in [9.17, 15) is 9.59 Å². The predicted molar refractivity (Wildman–Crippen MR) is 93.5 cm³/mol. The number of nitrogens with zero attached hydrogens (tertiary/aromatic N) is 2. The van der Waals surface area contributed by atoms with E-state index in [0.717, 1.165) is 43.3 Å². The van der Waals surface area contributed by atoms with Crippen LogP contribution in [0.1, 0.15) is 64.2 Å². The smallest absolute Gasteiger partial charge is 0.251 e. The van der Waals surface area contributed by atoms with E-state index >= 15 is 0 Å². The summed E-state index contributed by atoms with van der Waals surface area (Å²) in [7, 11) is 0. The second-order valence-electron chi connectivity index (χ2n) is 6.71. The lowest BCUT2D eigenvalue weighted by molar-refractivity contribution is -0.118. The molecular formula is C18H24N4O2. The summed E-state index contributed by atoms with van der Waals surface area (Å²) >= 11 is 0. The van der Waals surface area contributed by atoms with Crippen LogP contribution in [-0.2, 0) is 9.59 Å². The first-order chi connectivity index (χ1) is 11.5. The third-order valence-electron chi connectivity index (χ3n) is 5.00. The van der Waals surface area contributed by atoms with Gasteiger partial charge in [-0.05, 0) is 56.1 Å². The molecule has 2 aliphatic carbocycles. The Kier molecular flexibility index (Phi) is 4.92. The van der Waals surface area contributed by atoms with Crippen molar-refractivity contribution in [1.29, 1.82) is 0 Å². The molecule has 4 rings (SSSR count). The van der Waals surface area contributed by atoms with Crippen LogP contribution in [0.3, 0.4) is 0 Å². The fourth-order valence-corrected chi connectivity index (χ4v) is 3.81. The molecule has 2 aliphatic heterocycles. The zero-order valence-corrected chi connectivity index (χ0v) is 13.9. The molecule has 24 heavy (non-hydrogen) atoms. The summed E-state index contributed by atoms with van der Waals surface area (Å²) in [6.07, 6.45) is 9.88. The number of aliphatic imine (C=N–C) groups is 2. The first-order valence-electron chi connectivity index (χ1n) is 8.71. The van der Waals surface area contributed by atoms with Gasteiger partial charge in [0.05, 0.1) is 12.8 Å². The van der Waals surface area contributed by atoms with Crippen LogP contribution < -0.4 is 11.5 Å². The molecule has 0 spiro atoms. The molecule has 128 valence electrons. The number of nitrogens with two attached hydrogens (primary N) is 2. The van der Waals surface area contributed by atoms with Crippen LogP contribution in [0.5, 0.6) is 0 Å². The van der Waals surface area contributed by atoms with Gasteiger partial charge in [0.25, 0.3) is 11.8 Å². The fourth-order valence-electron chi connectivity index (χ4n) is 3.81. The van der Waals surface area contributed by atoms with E-state index in [2.05, 4.69) is 9.98 Å². The number of hydrogen-bond acceptors (Lipinski definition) is 4. The highest BCUT2D eigenvalue weighted by atomic mass is 16.1. The van der Waals surface area contributed by atoms with Crippen LogP contribution in [0, 0.1) is 0 Å². The zero-order chi connectivity index (χ0) is 17.1. The van der Waals surface area contributed by atoms with Gasteiger partial charge in [0.15, 0.2) is 0 Å². The lowest BCUT2D eigenvalue weighted by atomic mass is 9.97. The summed E-state index contributed by atoms with van der Waals surface area (Å²) in [6, 6.07) is 0. The molecular weight excluding hydrogens is 304 g/mol. The summed E-state index contributed by atoms with van der Waals surface area (Å²) in [4.78, 5) is 29.6. The molecule has 4 N–H and O–H groups in total. The van der Waals surface area contributed by atoms with Crippen molar-refractivity contribution in [3.8, 4) is 0 Å². The molecule has 0 saturated carbocycles. The van der Waals surface area contributed by atoms with Gasteiger partial charge in [0, 0.05) is 0 Å². The van der Waals surface area contributed by atoms with E-state index in [1.807, 2.05) is 0 Å². The van der Waals surface area contributed by atoms with Gasteiger partial charge in [0.2, 0.25) is 0 Å². The van der Waals surface area contributed by atoms with Crippen molar-refractivity contribution in [1.82, 2.24) is 0 Å². The highest BCUT2D eigenvalue weighted by Gasteiger charge is 2.23. The van der Waals surface area contributed by atoms with Crippen LogP contribution in [0.2, 0.25) is 0 Å². The summed E-state index contributed by atoms with van der Waals surface area (Å²) in [5, 5.41) is 0. The van der Waals surface area contributed by atoms with Gasteiger partial charge in [-0.3, -0.25) is 9.59 Å². The van der Waals surface area contributed by atoms with E-state index in [1.54, 1.807) is 0 Å². The second-order valence-corrected chi connectivity index (χ2v) is 6.71. The molecule has 0 aromatic carbocycles. The van der Waals surface area contributed by atoms with Gasteiger partial charge in [-0.25, -0.2) is 0 Å². The minimum atomic E-state index is -0.0804. The topological polar surface area (TPSA) is 111 Å². The molecule has 0 aromatic heterocycles. The van der Waals surface area contributed by atoms with Crippen molar-refractivity contribution in [2.75, 3.05) is 0 Å². The lowest BCUT2D eigenvalue weighted by Crippen LogP contribution is -2.23. The van der Waals surface area contributed by atoms with Crippen LogP contribution in [0.4, 0.5) is 0 Å². The summed E-state index contributed by atoms with van der Waals surface area (Å²) in [6.45, 7) is 0. The Hall–Kier alpha value is -2.24. The summed E-state index contributed by atoms with van der Waals surface area (Å²) in [5.74, 6) is 0.795. The molecule has 6 nitrogen and oxygen atoms in total. The molecule has 4 aliphatic rings. The van der Waals surface area contributed by atoms with Crippen molar-refractivity contribution in [3.05, 3.63) is 22.3 Å². The molecule has 2 heterocycles. The number of amidine groups is 2. The number of amides is 2. The van der Waals surface area contributed by atoms with Crippen molar-refractivity contribution in [2.45, 2.75) is 64.2 Å². The Morgan fingerprint density at radius 1 is 0.625 bits per heavy atom. The standard InChI is InChI=1S/C10H14N2O.C8H10N2O/c11-10-8-5-3-1-2-4-7(8)6-9(13)12-10;9-8-6-3-1-2-5(6)4-7(11)10-8/h1-6H2,(H2,11,12,13);1-4H2,(H2,9,10,11). The highest BCUT2D eigenvalue weighted by Crippen LogP contribution is 2.31. The Morgan fingerprint density at radius 2 is 1.08 bits per heavy atom. The Labute approximate surface area is 141 Å². The first kappa shape index (κ1) is 16.6. The molecule has 6 heteroatoms. The molecule has 0 bridgehead atoms. The highest BCUT2D eigenvalue weighted by molar-refractivity contribution is 6.08. The maximum absolute atomic E-state index is 11.1. The van der Waals surface area contributed by atoms with Crippen molar-refractivity contribution >= 4 is 23.5 Å². The van der Waals surface area contributed by atoms with Crippen LogP contribution in [0.25, 0.3) is 0 Å². The third kappa shape index (κ3) is 3.63. The van der Waals surface area contributed by atoms with Crippen LogP contribution >= 0.6 is 0 Å². The van der Waals surface area contributed by atoms with Gasteiger partial charge in [-0.2, -0.15) is 9.98 Å². The van der Waals surface area contributed by atoms with E-state index < -0.39 is 0 Å². The van der Waals surface area contributed by atoms with E-state index in [1.165, 1.54) is 30.4 Å². The molecule has 0 radical (unpaired) electrons. The molecule has 0 fully saturated rings. The third-order valence-corrected chi connectivity index (χ3v) is 5.00. The van der Waals surface area contributed by atoms with E-state index in [4.69, 9.17) is 11.5 Å². The minimum absolute atomic E-state index is 0.0712. The fraction of sp³-hybridized carbons (Fsp3) is 0.556. The predicted octanol–water partition coefficient (Wildman–Crippen LogP) is 2.29. The Morgan fingerprint density at radius 3 is 1.67 bits per heavy atom. The second kappa shape index (κ2) is 7.11. The Bertz CT molecular complexity index is 698. The van der Waals surface area contributed by atoms with Crippen molar-refractivity contribution < 1.29 is 9.59 Å². The van der Waals surface area contributed by atoms with Crippen LogP contribution in [0.15, 0.2) is 32.3 Å². The maximum atomic E-state index is 11.1. The molecule has 0 unspecified atom stereocenters. The normalized spacial score (nSPS) is 23.7. The zero-order valence-electron chi connectivity index (χ0n) is 13.9. The number of rotatable bonds is 0. The van der Waals surface area contributed by atoms with Crippen molar-refractivity contribution in [3.63, 3.8) is 0 Å².